The number of rotatable bonds is 2. The van der Waals surface area contributed by atoms with Gasteiger partial charge in [0.25, 0.3) is 0 Å². The normalized spacial score (nSPS) is 20.1. The smallest absolute Gasteiger partial charge is 0.0838 e. The summed E-state index contributed by atoms with van der Waals surface area (Å²) in [6, 6.07) is 7.59. The lowest BCUT2D eigenvalue weighted by atomic mass is 9.87. The van der Waals surface area contributed by atoms with Gasteiger partial charge in [0, 0.05) is 11.3 Å². The molecule has 82 valence electrons. The van der Waals surface area contributed by atoms with Crippen molar-refractivity contribution in [3.8, 4) is 0 Å². The fraction of sp³-hybridized carbons (Fsp3) is 0.500. The molecule has 0 amide bonds. The second kappa shape index (κ2) is 4.64. The summed E-state index contributed by atoms with van der Waals surface area (Å²) in [6.45, 7) is 1.99. The Morgan fingerprint density at radius 3 is 2.60 bits per heavy atom. The summed E-state index contributed by atoms with van der Waals surface area (Å²) in [6.07, 6.45) is 1.64. The number of nitrogen functional groups attached to an aromatic ring is 1. The van der Waals surface area contributed by atoms with Crippen molar-refractivity contribution in [2.24, 2.45) is 5.92 Å². The van der Waals surface area contributed by atoms with Crippen LogP contribution in [0.3, 0.4) is 0 Å². The molecule has 1 atom stereocenters. The van der Waals surface area contributed by atoms with Crippen molar-refractivity contribution in [2.75, 3.05) is 18.8 Å². The van der Waals surface area contributed by atoms with Crippen LogP contribution in [0.1, 0.15) is 24.5 Å². The Morgan fingerprint density at radius 1 is 1.27 bits per heavy atom. The number of nitrogens with one attached hydrogen (secondary N) is 1. The molecule has 1 aliphatic heterocycles. The van der Waals surface area contributed by atoms with Gasteiger partial charge in [0.15, 0.2) is 0 Å². The summed E-state index contributed by atoms with van der Waals surface area (Å²) in [4.78, 5) is 0. The van der Waals surface area contributed by atoms with E-state index in [0.717, 1.165) is 31.5 Å². The molecular formula is C12H18N2O. The van der Waals surface area contributed by atoms with E-state index in [0.29, 0.717) is 11.6 Å². The summed E-state index contributed by atoms with van der Waals surface area (Å²) < 4.78 is 0. The molecule has 3 heteroatoms. The van der Waals surface area contributed by atoms with Crippen LogP contribution in [0.15, 0.2) is 24.3 Å². The molecule has 0 radical (unpaired) electrons. The number of aliphatic hydroxyl groups is 1. The zero-order chi connectivity index (χ0) is 10.7. The molecule has 1 aliphatic rings. The molecule has 2 rings (SSSR count). The first-order valence-corrected chi connectivity index (χ1v) is 5.52. The minimum Gasteiger partial charge on any atom is -0.398 e. The molecule has 1 aromatic rings. The van der Waals surface area contributed by atoms with Gasteiger partial charge in [-0.2, -0.15) is 0 Å². The van der Waals surface area contributed by atoms with E-state index in [1.54, 1.807) is 0 Å². The van der Waals surface area contributed by atoms with Crippen LogP contribution in [0.4, 0.5) is 5.69 Å². The second-order valence-electron chi connectivity index (χ2n) is 4.16. The Labute approximate surface area is 90.3 Å². The predicted octanol–water partition coefficient (Wildman–Crippen LogP) is 1.30. The highest BCUT2D eigenvalue weighted by molar-refractivity contribution is 5.47. The van der Waals surface area contributed by atoms with Crippen LogP contribution in [0.5, 0.6) is 0 Å². The van der Waals surface area contributed by atoms with Crippen molar-refractivity contribution in [2.45, 2.75) is 18.9 Å². The number of aliphatic hydroxyl groups excluding tert-OH is 1. The first kappa shape index (κ1) is 10.5. The van der Waals surface area contributed by atoms with Crippen LogP contribution < -0.4 is 11.1 Å². The Morgan fingerprint density at radius 2 is 1.93 bits per heavy atom. The second-order valence-corrected chi connectivity index (χ2v) is 4.16. The van der Waals surface area contributed by atoms with Gasteiger partial charge in [-0.1, -0.05) is 18.2 Å². The molecule has 1 unspecified atom stereocenters. The summed E-state index contributed by atoms with van der Waals surface area (Å²) >= 11 is 0. The lowest BCUT2D eigenvalue weighted by Gasteiger charge is -2.28. The fourth-order valence-electron chi connectivity index (χ4n) is 2.19. The van der Waals surface area contributed by atoms with E-state index in [4.69, 9.17) is 5.73 Å². The third-order valence-corrected chi connectivity index (χ3v) is 3.14. The summed E-state index contributed by atoms with van der Waals surface area (Å²) in [7, 11) is 0. The molecule has 3 nitrogen and oxygen atoms in total. The van der Waals surface area contributed by atoms with Gasteiger partial charge in [-0.15, -0.1) is 0 Å². The maximum absolute atomic E-state index is 10.2. The summed E-state index contributed by atoms with van der Waals surface area (Å²) in [5, 5.41) is 13.5. The van der Waals surface area contributed by atoms with Crippen LogP contribution in [-0.4, -0.2) is 18.2 Å². The van der Waals surface area contributed by atoms with Gasteiger partial charge in [-0.05, 0) is 37.9 Å². The van der Waals surface area contributed by atoms with Gasteiger partial charge in [0.2, 0.25) is 0 Å². The van der Waals surface area contributed by atoms with Crippen molar-refractivity contribution in [1.82, 2.24) is 5.32 Å². The molecule has 4 N–H and O–H groups in total. The maximum atomic E-state index is 10.2. The molecule has 1 heterocycles. The Hall–Kier alpha value is -1.06. The monoisotopic (exact) mass is 206 g/mol. The number of benzene rings is 1. The minimum atomic E-state index is -0.409. The first-order chi connectivity index (χ1) is 7.29. The zero-order valence-corrected chi connectivity index (χ0v) is 8.82. The molecule has 0 saturated carbocycles. The van der Waals surface area contributed by atoms with Gasteiger partial charge in [0.05, 0.1) is 6.10 Å². The van der Waals surface area contributed by atoms with E-state index >= 15 is 0 Å². The lowest BCUT2D eigenvalue weighted by molar-refractivity contribution is 0.0896. The zero-order valence-electron chi connectivity index (χ0n) is 8.82. The average Bonchev–Trinajstić information content (AvgIpc) is 2.30. The summed E-state index contributed by atoms with van der Waals surface area (Å²) in [5.41, 5.74) is 7.43. The molecule has 0 spiro atoms. The number of para-hydroxylation sites is 1. The van der Waals surface area contributed by atoms with Crippen molar-refractivity contribution in [3.63, 3.8) is 0 Å². The maximum Gasteiger partial charge on any atom is 0.0838 e. The number of piperidine rings is 1. The number of hydrogen-bond donors (Lipinski definition) is 3. The molecular weight excluding hydrogens is 188 g/mol. The third-order valence-electron chi connectivity index (χ3n) is 3.14. The van der Waals surface area contributed by atoms with E-state index in [1.165, 1.54) is 0 Å². The molecule has 15 heavy (non-hydrogen) atoms. The van der Waals surface area contributed by atoms with Crippen LogP contribution >= 0.6 is 0 Å². The third kappa shape index (κ3) is 2.30. The van der Waals surface area contributed by atoms with Gasteiger partial charge in [0.1, 0.15) is 0 Å². The molecule has 1 aromatic carbocycles. The molecule has 0 aliphatic carbocycles. The Kier molecular flexibility index (Phi) is 3.23. The van der Waals surface area contributed by atoms with Crippen LogP contribution in [0, 0.1) is 5.92 Å². The van der Waals surface area contributed by atoms with Crippen LogP contribution in [0.25, 0.3) is 0 Å². The van der Waals surface area contributed by atoms with Gasteiger partial charge in [-0.25, -0.2) is 0 Å². The molecule has 1 saturated heterocycles. The number of hydrogen-bond acceptors (Lipinski definition) is 3. The highest BCUT2D eigenvalue weighted by atomic mass is 16.3. The predicted molar refractivity (Wildman–Crippen MR) is 61.4 cm³/mol. The standard InChI is InChI=1S/C12H18N2O/c13-11-4-2-1-3-10(11)12(15)9-5-7-14-8-6-9/h1-4,9,12,14-15H,5-8,13H2. The average molecular weight is 206 g/mol. The Balaban J connectivity index is 2.12. The van der Waals surface area contributed by atoms with Crippen LogP contribution in [0.2, 0.25) is 0 Å². The Bertz CT molecular complexity index is 321. The van der Waals surface area contributed by atoms with Crippen molar-refractivity contribution >= 4 is 5.69 Å². The topological polar surface area (TPSA) is 58.3 Å². The molecule has 0 aromatic heterocycles. The minimum absolute atomic E-state index is 0.343. The van der Waals surface area contributed by atoms with E-state index in [-0.39, 0.29) is 0 Å². The molecule has 0 bridgehead atoms. The van der Waals surface area contributed by atoms with Crippen LogP contribution in [-0.2, 0) is 0 Å². The van der Waals surface area contributed by atoms with E-state index in [9.17, 15) is 5.11 Å². The highest BCUT2D eigenvalue weighted by Crippen LogP contribution is 2.31. The SMILES string of the molecule is Nc1ccccc1C(O)C1CCNCC1. The quantitative estimate of drug-likeness (QED) is 0.639. The lowest BCUT2D eigenvalue weighted by Crippen LogP contribution is -2.31. The highest BCUT2D eigenvalue weighted by Gasteiger charge is 2.23. The molecule has 1 fully saturated rings. The number of nitrogens with two attached hydrogens (primary N) is 1. The van der Waals surface area contributed by atoms with Crippen molar-refractivity contribution in [3.05, 3.63) is 29.8 Å². The summed E-state index contributed by atoms with van der Waals surface area (Å²) in [5.74, 6) is 0.343. The fourth-order valence-corrected chi connectivity index (χ4v) is 2.19. The van der Waals surface area contributed by atoms with E-state index in [1.807, 2.05) is 24.3 Å². The van der Waals surface area contributed by atoms with Gasteiger partial charge < -0.3 is 16.2 Å². The first-order valence-electron chi connectivity index (χ1n) is 5.52. The van der Waals surface area contributed by atoms with E-state index in [2.05, 4.69) is 5.32 Å². The van der Waals surface area contributed by atoms with Gasteiger partial charge in [-0.3, -0.25) is 0 Å². The van der Waals surface area contributed by atoms with Gasteiger partial charge >= 0.3 is 0 Å². The van der Waals surface area contributed by atoms with Crippen molar-refractivity contribution < 1.29 is 5.11 Å². The van der Waals surface area contributed by atoms with Crippen molar-refractivity contribution in [1.29, 1.82) is 0 Å². The number of anilines is 1. The van der Waals surface area contributed by atoms with E-state index < -0.39 is 6.10 Å². The largest absolute Gasteiger partial charge is 0.398 e.